The molecule has 2 rings (SSSR count). The molecule has 3 heteroatoms. The van der Waals surface area contributed by atoms with Gasteiger partial charge in [-0.05, 0) is 17.9 Å². The van der Waals surface area contributed by atoms with E-state index in [-0.39, 0.29) is 5.92 Å². The first-order valence-corrected chi connectivity index (χ1v) is 7.60. The Kier molecular flexibility index (Phi) is 6.06. The first kappa shape index (κ1) is 15.0. The van der Waals surface area contributed by atoms with E-state index in [1.54, 1.807) is 0 Å². The Morgan fingerprint density at radius 3 is 2.55 bits per heavy atom. The normalized spacial score (nSPS) is 17.8. The van der Waals surface area contributed by atoms with Gasteiger partial charge in [-0.2, -0.15) is 0 Å². The number of hydrogen-bond acceptors (Lipinski definition) is 2. The van der Waals surface area contributed by atoms with Gasteiger partial charge >= 0.3 is 5.97 Å². The highest BCUT2D eigenvalue weighted by Crippen LogP contribution is 2.29. The van der Waals surface area contributed by atoms with Gasteiger partial charge in [-0.1, -0.05) is 62.4 Å². The number of rotatable bonds is 7. The Labute approximate surface area is 121 Å². The highest BCUT2D eigenvalue weighted by molar-refractivity contribution is 5.70. The first-order valence-electron chi connectivity index (χ1n) is 7.60. The highest BCUT2D eigenvalue weighted by Gasteiger charge is 2.24. The largest absolute Gasteiger partial charge is 0.481 e. The molecule has 0 heterocycles. The van der Waals surface area contributed by atoms with Crippen LogP contribution in [0.1, 0.15) is 44.1 Å². The number of aliphatic carboxylic acids is 1. The molecule has 3 nitrogen and oxygen atoms in total. The van der Waals surface area contributed by atoms with E-state index in [1.165, 1.54) is 32.1 Å². The summed E-state index contributed by atoms with van der Waals surface area (Å²) < 4.78 is 5.60. The standard InChI is InChI=1S/C17H24O3/c18-17(19)16(11-14-7-3-1-4-8-14)13-20-12-15-9-5-2-6-10-15/h2,5-6,9-10,14,16H,1,3-4,7-8,11-13H2,(H,18,19)/t16-/m0/s1. The van der Waals surface area contributed by atoms with Crippen LogP contribution in [-0.4, -0.2) is 17.7 Å². The maximum absolute atomic E-state index is 11.3. The lowest BCUT2D eigenvalue weighted by atomic mass is 9.83. The van der Waals surface area contributed by atoms with Crippen LogP contribution in [0.3, 0.4) is 0 Å². The summed E-state index contributed by atoms with van der Waals surface area (Å²) in [6.45, 7) is 0.815. The average molecular weight is 276 g/mol. The van der Waals surface area contributed by atoms with E-state index >= 15 is 0 Å². The number of ether oxygens (including phenoxy) is 1. The number of carboxylic acid groups (broad SMARTS) is 1. The average Bonchev–Trinajstić information content (AvgIpc) is 2.48. The summed E-state index contributed by atoms with van der Waals surface area (Å²) in [6.07, 6.45) is 6.94. The van der Waals surface area contributed by atoms with Gasteiger partial charge in [0.2, 0.25) is 0 Å². The second kappa shape index (κ2) is 8.05. The van der Waals surface area contributed by atoms with Gasteiger partial charge in [0.25, 0.3) is 0 Å². The van der Waals surface area contributed by atoms with E-state index in [0.717, 1.165) is 12.0 Å². The number of carbonyl (C=O) groups is 1. The van der Waals surface area contributed by atoms with Crippen molar-refractivity contribution in [3.05, 3.63) is 35.9 Å². The van der Waals surface area contributed by atoms with Crippen LogP contribution >= 0.6 is 0 Å². The lowest BCUT2D eigenvalue weighted by Crippen LogP contribution is -2.24. The zero-order valence-electron chi connectivity index (χ0n) is 12.0. The first-order chi connectivity index (χ1) is 9.75. The monoisotopic (exact) mass is 276 g/mol. The number of carboxylic acids is 1. The molecule has 0 spiro atoms. The van der Waals surface area contributed by atoms with Crippen molar-refractivity contribution >= 4 is 5.97 Å². The molecule has 1 aromatic rings. The quantitative estimate of drug-likeness (QED) is 0.822. The van der Waals surface area contributed by atoms with Crippen LogP contribution in [-0.2, 0) is 16.1 Å². The van der Waals surface area contributed by atoms with Gasteiger partial charge in [0.15, 0.2) is 0 Å². The van der Waals surface area contributed by atoms with Gasteiger partial charge in [0, 0.05) is 0 Å². The van der Waals surface area contributed by atoms with E-state index in [9.17, 15) is 9.90 Å². The van der Waals surface area contributed by atoms with E-state index < -0.39 is 5.97 Å². The Hall–Kier alpha value is -1.35. The Bertz CT molecular complexity index is 396. The molecule has 1 fully saturated rings. The molecule has 0 aromatic heterocycles. The molecule has 1 aliphatic rings. The number of hydrogen-bond donors (Lipinski definition) is 1. The van der Waals surface area contributed by atoms with Gasteiger partial charge < -0.3 is 9.84 Å². The molecule has 1 saturated carbocycles. The third-order valence-electron chi connectivity index (χ3n) is 4.12. The predicted octanol–water partition coefficient (Wildman–Crippen LogP) is 3.87. The highest BCUT2D eigenvalue weighted by atomic mass is 16.5. The van der Waals surface area contributed by atoms with Crippen LogP contribution in [0, 0.1) is 11.8 Å². The zero-order valence-corrected chi connectivity index (χ0v) is 12.0. The molecule has 0 bridgehead atoms. The Morgan fingerprint density at radius 2 is 1.90 bits per heavy atom. The summed E-state index contributed by atoms with van der Waals surface area (Å²) in [7, 11) is 0. The van der Waals surface area contributed by atoms with Crippen LogP contribution in [0.4, 0.5) is 0 Å². The molecule has 0 aliphatic heterocycles. The second-order valence-corrected chi connectivity index (χ2v) is 5.78. The fourth-order valence-electron chi connectivity index (χ4n) is 2.96. The van der Waals surface area contributed by atoms with Crippen LogP contribution in [0.2, 0.25) is 0 Å². The van der Waals surface area contributed by atoms with Crippen molar-refractivity contribution < 1.29 is 14.6 Å². The number of benzene rings is 1. The van der Waals surface area contributed by atoms with Crippen LogP contribution < -0.4 is 0 Å². The van der Waals surface area contributed by atoms with Crippen LogP contribution in [0.25, 0.3) is 0 Å². The molecular weight excluding hydrogens is 252 g/mol. The van der Waals surface area contributed by atoms with Gasteiger partial charge in [0.05, 0.1) is 19.1 Å². The van der Waals surface area contributed by atoms with Crippen LogP contribution in [0.5, 0.6) is 0 Å². The minimum Gasteiger partial charge on any atom is -0.481 e. The molecule has 1 aliphatic carbocycles. The van der Waals surface area contributed by atoms with Gasteiger partial charge in [-0.25, -0.2) is 0 Å². The second-order valence-electron chi connectivity index (χ2n) is 5.78. The molecule has 0 radical (unpaired) electrons. The van der Waals surface area contributed by atoms with E-state index in [1.807, 2.05) is 30.3 Å². The molecular formula is C17H24O3. The molecule has 0 unspecified atom stereocenters. The molecule has 20 heavy (non-hydrogen) atoms. The minimum absolute atomic E-state index is 0.320. The topological polar surface area (TPSA) is 46.5 Å². The predicted molar refractivity (Wildman–Crippen MR) is 78.4 cm³/mol. The van der Waals surface area contributed by atoms with Gasteiger partial charge in [-0.3, -0.25) is 4.79 Å². The van der Waals surface area contributed by atoms with Crippen molar-refractivity contribution in [3.63, 3.8) is 0 Å². The lowest BCUT2D eigenvalue weighted by molar-refractivity contribution is -0.145. The molecule has 1 aromatic carbocycles. The van der Waals surface area contributed by atoms with E-state index in [2.05, 4.69) is 0 Å². The Morgan fingerprint density at radius 1 is 1.20 bits per heavy atom. The zero-order chi connectivity index (χ0) is 14.2. The molecule has 0 amide bonds. The SMILES string of the molecule is O=C(O)[C@H](COCc1ccccc1)CC1CCCCC1. The fraction of sp³-hybridized carbons (Fsp3) is 0.588. The van der Waals surface area contributed by atoms with Crippen molar-refractivity contribution in [1.82, 2.24) is 0 Å². The smallest absolute Gasteiger partial charge is 0.308 e. The summed E-state index contributed by atoms with van der Waals surface area (Å²) in [5.41, 5.74) is 1.09. The van der Waals surface area contributed by atoms with E-state index in [0.29, 0.717) is 19.1 Å². The molecule has 0 saturated heterocycles. The summed E-state index contributed by atoms with van der Waals surface area (Å²) in [5.74, 6) is -0.504. The van der Waals surface area contributed by atoms with Crippen molar-refractivity contribution in [1.29, 1.82) is 0 Å². The maximum atomic E-state index is 11.3. The molecule has 110 valence electrons. The van der Waals surface area contributed by atoms with Crippen molar-refractivity contribution in [3.8, 4) is 0 Å². The lowest BCUT2D eigenvalue weighted by Gasteiger charge is -2.24. The third-order valence-corrected chi connectivity index (χ3v) is 4.12. The van der Waals surface area contributed by atoms with Crippen molar-refractivity contribution in [2.24, 2.45) is 11.8 Å². The van der Waals surface area contributed by atoms with E-state index in [4.69, 9.17) is 4.74 Å². The van der Waals surface area contributed by atoms with Crippen molar-refractivity contribution in [2.75, 3.05) is 6.61 Å². The fourth-order valence-corrected chi connectivity index (χ4v) is 2.96. The summed E-state index contributed by atoms with van der Waals surface area (Å²) in [5, 5.41) is 9.32. The molecule has 1 atom stereocenters. The summed E-state index contributed by atoms with van der Waals surface area (Å²) >= 11 is 0. The van der Waals surface area contributed by atoms with Gasteiger partial charge in [0.1, 0.15) is 0 Å². The van der Waals surface area contributed by atoms with Gasteiger partial charge in [-0.15, -0.1) is 0 Å². The van der Waals surface area contributed by atoms with Crippen molar-refractivity contribution in [2.45, 2.75) is 45.1 Å². The summed E-state index contributed by atoms with van der Waals surface area (Å²) in [6, 6.07) is 9.89. The third kappa shape index (κ3) is 4.97. The molecule has 1 N–H and O–H groups in total. The summed E-state index contributed by atoms with van der Waals surface area (Å²) in [4.78, 5) is 11.3. The Balaban J connectivity index is 1.75. The van der Waals surface area contributed by atoms with Crippen LogP contribution in [0.15, 0.2) is 30.3 Å². The minimum atomic E-state index is -0.719. The maximum Gasteiger partial charge on any atom is 0.308 e.